The third kappa shape index (κ3) is 4.67. The molecule has 0 radical (unpaired) electrons. The molecule has 7 nitrogen and oxygen atoms in total. The van der Waals surface area contributed by atoms with E-state index in [0.29, 0.717) is 26.3 Å². The number of rotatable bonds is 6. The van der Waals surface area contributed by atoms with Gasteiger partial charge >= 0.3 is 11.9 Å². The highest BCUT2D eigenvalue weighted by Crippen LogP contribution is 2.31. The summed E-state index contributed by atoms with van der Waals surface area (Å²) in [6.45, 7) is 6.66. The Morgan fingerprint density at radius 2 is 1.85 bits per heavy atom. The van der Waals surface area contributed by atoms with Gasteiger partial charge in [-0.2, -0.15) is 0 Å². The number of nitrogens with zero attached hydrogens (tertiary/aromatic N) is 2. The second-order valence-corrected chi connectivity index (χ2v) is 8.55. The van der Waals surface area contributed by atoms with Crippen molar-refractivity contribution in [2.45, 2.75) is 19.9 Å². The highest BCUT2D eigenvalue weighted by Gasteiger charge is 2.33. The second-order valence-electron chi connectivity index (χ2n) is 7.54. The van der Waals surface area contributed by atoms with Crippen LogP contribution in [0.3, 0.4) is 0 Å². The highest BCUT2D eigenvalue weighted by atomic mass is 32.1. The van der Waals surface area contributed by atoms with E-state index in [2.05, 4.69) is 11.6 Å². The summed E-state index contributed by atoms with van der Waals surface area (Å²) in [7, 11) is 0. The molecule has 172 valence electrons. The lowest BCUT2D eigenvalue weighted by atomic mass is 9.96. The first kappa shape index (κ1) is 23.1. The molecule has 4 rings (SSSR count). The molecule has 0 saturated heterocycles. The van der Waals surface area contributed by atoms with E-state index in [4.69, 9.17) is 9.47 Å². The maximum absolute atomic E-state index is 13.5. The first-order chi connectivity index (χ1) is 16.4. The van der Waals surface area contributed by atoms with E-state index < -0.39 is 18.0 Å². The Kier molecular flexibility index (Phi) is 6.70. The summed E-state index contributed by atoms with van der Waals surface area (Å²) in [5.41, 5.74) is 2.01. The van der Waals surface area contributed by atoms with Gasteiger partial charge in [0.05, 0.1) is 21.8 Å². The second kappa shape index (κ2) is 9.84. The van der Waals surface area contributed by atoms with Gasteiger partial charge in [0.1, 0.15) is 12.4 Å². The molecule has 0 aliphatic carbocycles. The van der Waals surface area contributed by atoms with Crippen molar-refractivity contribution in [2.75, 3.05) is 6.61 Å². The molecular formula is C26H22N2O5S. The molecule has 0 saturated carbocycles. The average Bonchev–Trinajstić information content (AvgIpc) is 3.12. The summed E-state index contributed by atoms with van der Waals surface area (Å²) >= 11 is 1.26. The van der Waals surface area contributed by atoms with Crippen LogP contribution in [0.4, 0.5) is 0 Å². The van der Waals surface area contributed by atoms with E-state index in [0.717, 1.165) is 5.56 Å². The van der Waals surface area contributed by atoms with Crippen LogP contribution in [0.2, 0.25) is 0 Å². The van der Waals surface area contributed by atoms with Crippen LogP contribution in [0.5, 0.6) is 5.75 Å². The van der Waals surface area contributed by atoms with Gasteiger partial charge < -0.3 is 9.47 Å². The third-order valence-electron chi connectivity index (χ3n) is 5.13. The highest BCUT2D eigenvalue weighted by molar-refractivity contribution is 7.07. The zero-order valence-electron chi connectivity index (χ0n) is 18.7. The SMILES string of the molecule is C=CCOC(=O)C1=C(C)N=c2s/c(=C\c3ccccc3)c(=O)n2[C@H]1c1ccc(OC(C)=O)cc1. The number of carbonyl (C=O) groups excluding carboxylic acids is 2. The van der Waals surface area contributed by atoms with Gasteiger partial charge in [0.25, 0.3) is 5.56 Å². The molecule has 8 heteroatoms. The molecule has 3 aromatic rings. The monoisotopic (exact) mass is 474 g/mol. The molecular weight excluding hydrogens is 452 g/mol. The van der Waals surface area contributed by atoms with Crippen molar-refractivity contribution in [3.05, 3.63) is 109 Å². The Balaban J connectivity index is 1.89. The topological polar surface area (TPSA) is 87.0 Å². The van der Waals surface area contributed by atoms with Gasteiger partial charge in [-0.3, -0.25) is 14.2 Å². The van der Waals surface area contributed by atoms with Gasteiger partial charge in [-0.25, -0.2) is 9.79 Å². The van der Waals surface area contributed by atoms with Crippen molar-refractivity contribution in [3.63, 3.8) is 0 Å². The first-order valence-corrected chi connectivity index (χ1v) is 11.3. The van der Waals surface area contributed by atoms with E-state index in [1.54, 1.807) is 37.3 Å². The largest absolute Gasteiger partial charge is 0.458 e. The lowest BCUT2D eigenvalue weighted by Gasteiger charge is -2.24. The van der Waals surface area contributed by atoms with Crippen LogP contribution in [0.25, 0.3) is 6.08 Å². The van der Waals surface area contributed by atoms with Crippen LogP contribution in [0.1, 0.15) is 31.0 Å². The standard InChI is InChI=1S/C26H22N2O5S/c1-4-14-32-25(31)22-16(2)27-26-28(23(22)19-10-12-20(13-11-19)33-17(3)29)24(30)21(34-26)15-18-8-6-5-7-9-18/h4-13,15,23H,1,14H2,2-3H3/b21-15-/t23-/m0/s1. The smallest absolute Gasteiger partial charge is 0.338 e. The Morgan fingerprint density at radius 1 is 1.15 bits per heavy atom. The summed E-state index contributed by atoms with van der Waals surface area (Å²) in [6.07, 6.45) is 3.28. The van der Waals surface area contributed by atoms with Crippen molar-refractivity contribution in [2.24, 2.45) is 4.99 Å². The molecule has 2 heterocycles. The van der Waals surface area contributed by atoms with Gasteiger partial charge in [0, 0.05) is 6.92 Å². The Morgan fingerprint density at radius 3 is 2.50 bits per heavy atom. The van der Waals surface area contributed by atoms with Crippen LogP contribution in [-0.4, -0.2) is 23.1 Å². The number of aromatic nitrogens is 1. The normalized spacial score (nSPS) is 15.4. The quantitative estimate of drug-likeness (QED) is 0.312. The fraction of sp³-hybridized carbons (Fsp3) is 0.154. The lowest BCUT2D eigenvalue weighted by molar-refractivity contribution is -0.138. The van der Waals surface area contributed by atoms with E-state index in [-0.39, 0.29) is 17.7 Å². The maximum atomic E-state index is 13.5. The Bertz CT molecular complexity index is 1460. The average molecular weight is 475 g/mol. The molecule has 34 heavy (non-hydrogen) atoms. The predicted octanol–water partition coefficient (Wildman–Crippen LogP) is 2.89. The van der Waals surface area contributed by atoms with E-state index in [9.17, 15) is 14.4 Å². The minimum Gasteiger partial charge on any atom is -0.458 e. The molecule has 0 spiro atoms. The number of thiazole rings is 1. The molecule has 0 fully saturated rings. The van der Waals surface area contributed by atoms with Gasteiger partial charge in [0.2, 0.25) is 0 Å². The number of hydrogen-bond acceptors (Lipinski definition) is 7. The van der Waals surface area contributed by atoms with Crippen molar-refractivity contribution < 1.29 is 19.1 Å². The molecule has 1 aromatic heterocycles. The fourth-order valence-electron chi connectivity index (χ4n) is 3.70. The zero-order valence-corrected chi connectivity index (χ0v) is 19.5. The third-order valence-corrected chi connectivity index (χ3v) is 6.11. The summed E-state index contributed by atoms with van der Waals surface area (Å²) in [6, 6.07) is 15.5. The van der Waals surface area contributed by atoms with Gasteiger partial charge in [-0.15, -0.1) is 0 Å². The van der Waals surface area contributed by atoms with Crippen LogP contribution in [-0.2, 0) is 14.3 Å². The van der Waals surface area contributed by atoms with Crippen LogP contribution in [0, 0.1) is 0 Å². The molecule has 0 bridgehead atoms. The van der Waals surface area contributed by atoms with Crippen LogP contribution < -0.4 is 19.6 Å². The minimum absolute atomic E-state index is 0.0339. The molecule has 1 atom stereocenters. The van der Waals surface area contributed by atoms with E-state index >= 15 is 0 Å². The Hall–Kier alpha value is -4.04. The number of hydrogen-bond donors (Lipinski definition) is 0. The van der Waals surface area contributed by atoms with E-state index in [1.807, 2.05) is 30.3 Å². The molecule has 0 unspecified atom stereocenters. The van der Waals surface area contributed by atoms with E-state index in [1.165, 1.54) is 28.9 Å². The zero-order chi connectivity index (χ0) is 24.2. The van der Waals surface area contributed by atoms with Gasteiger partial charge in [0.15, 0.2) is 4.80 Å². The number of allylic oxidation sites excluding steroid dienone is 1. The summed E-state index contributed by atoms with van der Waals surface area (Å²) in [5.74, 6) is -0.650. The van der Waals surface area contributed by atoms with Crippen molar-refractivity contribution in [1.82, 2.24) is 4.57 Å². The summed E-state index contributed by atoms with van der Waals surface area (Å²) < 4.78 is 12.5. The number of fused-ring (bicyclic) bond motifs is 1. The molecule has 1 aliphatic heterocycles. The molecule has 1 aliphatic rings. The van der Waals surface area contributed by atoms with Gasteiger partial charge in [-0.1, -0.05) is 66.5 Å². The predicted molar refractivity (Wildman–Crippen MR) is 129 cm³/mol. The van der Waals surface area contributed by atoms with Crippen LogP contribution in [0.15, 0.2) is 88.3 Å². The molecule has 0 amide bonds. The lowest BCUT2D eigenvalue weighted by Crippen LogP contribution is -2.39. The number of esters is 2. The van der Waals surface area contributed by atoms with Crippen molar-refractivity contribution in [1.29, 1.82) is 0 Å². The van der Waals surface area contributed by atoms with Gasteiger partial charge in [-0.05, 0) is 36.3 Å². The number of carbonyl (C=O) groups is 2. The number of benzene rings is 2. The first-order valence-electron chi connectivity index (χ1n) is 10.5. The maximum Gasteiger partial charge on any atom is 0.338 e. The summed E-state index contributed by atoms with van der Waals surface area (Å²) in [4.78, 5) is 42.9. The van der Waals surface area contributed by atoms with Crippen LogP contribution >= 0.6 is 11.3 Å². The molecule has 0 N–H and O–H groups in total. The molecule has 2 aromatic carbocycles. The Labute approximate surface area is 199 Å². The fourth-order valence-corrected chi connectivity index (χ4v) is 4.74. The van der Waals surface area contributed by atoms with Crippen molar-refractivity contribution in [3.8, 4) is 5.75 Å². The minimum atomic E-state index is -0.752. The number of ether oxygens (including phenoxy) is 2. The summed E-state index contributed by atoms with van der Waals surface area (Å²) in [5, 5.41) is 0. The van der Waals surface area contributed by atoms with Crippen molar-refractivity contribution >= 4 is 29.4 Å².